The van der Waals surface area contributed by atoms with Gasteiger partial charge >= 0.3 is 0 Å². The largest absolute Gasteiger partial charge is 0.352 e. The topological polar surface area (TPSA) is 157 Å². The van der Waals surface area contributed by atoms with Crippen LogP contribution in [-0.2, 0) is 52.1 Å². The lowest BCUT2D eigenvalue weighted by molar-refractivity contribution is 0.0748. The summed E-state index contributed by atoms with van der Waals surface area (Å²) in [7, 11) is 0. The second-order valence-electron chi connectivity index (χ2n) is 18.8. The predicted molar refractivity (Wildman–Crippen MR) is 276 cm³/mol. The van der Waals surface area contributed by atoms with Crippen molar-refractivity contribution in [2.24, 2.45) is 0 Å². The monoisotopic (exact) mass is 992 g/mol. The molecule has 0 aromatic heterocycles. The molecule has 0 fully saturated rings. The molecule has 4 N–H and O–H groups in total. The van der Waals surface area contributed by atoms with Gasteiger partial charge in [0.15, 0.2) is 0 Å². The Morgan fingerprint density at radius 3 is 1.05 bits per heavy atom. The molecule has 2 heterocycles. The number of carbonyl (C=O) groups excluding carboxylic acids is 6. The summed E-state index contributed by atoms with van der Waals surface area (Å²) >= 11 is 0. The van der Waals surface area contributed by atoms with Crippen molar-refractivity contribution in [2.75, 3.05) is 13.1 Å². The number of hydrogen-bond donors (Lipinski definition) is 4. The Kier molecular flexibility index (Phi) is 15.1. The molecule has 2 aliphatic heterocycles. The summed E-state index contributed by atoms with van der Waals surface area (Å²) in [5, 5.41) is 11.7. The van der Waals surface area contributed by atoms with Crippen LogP contribution in [0.15, 0.2) is 146 Å². The van der Waals surface area contributed by atoms with E-state index in [2.05, 4.69) is 21.3 Å². The third-order valence-corrected chi connectivity index (χ3v) is 13.4. The number of halogens is 2. The van der Waals surface area contributed by atoms with Crippen LogP contribution >= 0.6 is 0 Å². The lowest BCUT2D eigenvalue weighted by Gasteiger charge is -2.18. The molecule has 2 aliphatic rings. The van der Waals surface area contributed by atoms with E-state index in [9.17, 15) is 37.5 Å². The number of amides is 6. The number of hydrogen-bond acceptors (Lipinski definition) is 6. The van der Waals surface area contributed by atoms with Crippen molar-refractivity contribution < 1.29 is 37.5 Å². The van der Waals surface area contributed by atoms with Gasteiger partial charge in [-0.2, -0.15) is 0 Å². The van der Waals surface area contributed by atoms with Gasteiger partial charge in [-0.1, -0.05) is 90.0 Å². The zero-order valence-corrected chi connectivity index (χ0v) is 41.0. The number of benzene rings is 7. The van der Waals surface area contributed by atoms with Crippen molar-refractivity contribution in [1.29, 1.82) is 0 Å². The van der Waals surface area contributed by atoms with Crippen molar-refractivity contribution in [3.63, 3.8) is 0 Å². The van der Waals surface area contributed by atoms with E-state index in [1.807, 2.05) is 62.4 Å². The molecule has 0 radical (unpaired) electrons. The lowest BCUT2D eigenvalue weighted by atomic mass is 9.98. The molecule has 14 heteroatoms. The van der Waals surface area contributed by atoms with Crippen LogP contribution in [0.1, 0.15) is 118 Å². The number of fused-ring (bicyclic) bond motifs is 2. The molecule has 74 heavy (non-hydrogen) atoms. The van der Waals surface area contributed by atoms with Crippen molar-refractivity contribution in [2.45, 2.75) is 66.0 Å². The van der Waals surface area contributed by atoms with Gasteiger partial charge in [0.1, 0.15) is 11.6 Å². The molecule has 0 spiro atoms. The molecule has 7 aromatic rings. The first kappa shape index (κ1) is 50.2. The van der Waals surface area contributed by atoms with Gasteiger partial charge in [-0.25, -0.2) is 8.78 Å². The van der Waals surface area contributed by atoms with E-state index in [1.54, 1.807) is 82.6 Å². The first-order valence-electron chi connectivity index (χ1n) is 24.5. The van der Waals surface area contributed by atoms with Crippen molar-refractivity contribution in [3.8, 4) is 0 Å². The van der Waals surface area contributed by atoms with Gasteiger partial charge in [0.05, 0.1) is 22.3 Å². The summed E-state index contributed by atoms with van der Waals surface area (Å²) in [6, 6.07) is 40.6. The van der Waals surface area contributed by atoms with Crippen LogP contribution in [-0.4, -0.2) is 58.3 Å². The van der Waals surface area contributed by atoms with E-state index < -0.39 is 23.6 Å². The number of nitrogens with zero attached hydrogens (tertiary/aromatic N) is 2. The van der Waals surface area contributed by atoms with Crippen LogP contribution in [0, 0.1) is 25.5 Å². The van der Waals surface area contributed by atoms with Crippen LogP contribution in [0.3, 0.4) is 0 Å². The molecule has 0 saturated carbocycles. The standard InChI is InChI=1S/C60H54F2N6O6/c1-37-6-10-41(11-7-37)31-65-57(71)53-29-47-35-67(33-45(47)27-51(53)55(69)63-24-22-39-14-18-49(61)19-15-39)59(73)43-4-3-5-44(26-43)60(74)68-34-46-28-52(56(70)64-25-23-40-16-20-50(62)21-17-40)54(30-48(46)36-68)58(72)66-32-42-12-8-38(2)9-13-42/h3-21,26-30H,22-25,31-36H2,1-2H3,(H,63,69)(H,64,70)(H,65,71)(H,66,72). The molecule has 7 aromatic carbocycles. The Labute approximate surface area is 427 Å². The number of rotatable bonds is 16. The minimum absolute atomic E-state index is 0.151. The zero-order chi connectivity index (χ0) is 51.9. The fraction of sp³-hybridized carbons (Fsp3) is 0.200. The van der Waals surface area contributed by atoms with Crippen LogP contribution in [0.2, 0.25) is 0 Å². The van der Waals surface area contributed by atoms with Crippen LogP contribution in [0.5, 0.6) is 0 Å². The molecule has 0 unspecified atom stereocenters. The predicted octanol–water partition coefficient (Wildman–Crippen LogP) is 8.70. The van der Waals surface area contributed by atoms with Crippen LogP contribution < -0.4 is 21.3 Å². The summed E-state index contributed by atoms with van der Waals surface area (Å²) in [6.45, 7) is 5.50. The fourth-order valence-corrected chi connectivity index (χ4v) is 9.19. The number of nitrogens with one attached hydrogen (secondary N) is 4. The number of carbonyl (C=O) groups is 6. The third-order valence-electron chi connectivity index (χ3n) is 13.4. The Bertz CT molecular complexity index is 3070. The minimum atomic E-state index is -0.467. The summed E-state index contributed by atoms with van der Waals surface area (Å²) < 4.78 is 27.0. The second kappa shape index (κ2) is 22.3. The Morgan fingerprint density at radius 2 is 0.716 bits per heavy atom. The van der Waals surface area contributed by atoms with Gasteiger partial charge in [-0.05, 0) is 138 Å². The van der Waals surface area contributed by atoms with Crippen molar-refractivity contribution in [1.82, 2.24) is 31.1 Å². The highest BCUT2D eigenvalue weighted by molar-refractivity contribution is 6.09. The maximum absolute atomic E-state index is 14.3. The van der Waals surface area contributed by atoms with Crippen LogP contribution in [0.25, 0.3) is 0 Å². The molecule has 6 amide bonds. The lowest BCUT2D eigenvalue weighted by Crippen LogP contribution is -2.30. The SMILES string of the molecule is Cc1ccc(CNC(=O)c2cc3c(cc2C(=O)NCCc2ccc(F)cc2)CN(C(=O)c2cccc(C(=O)N4Cc5cc(C(=O)NCCc6ccc(F)cc6)c(C(=O)NCc6ccc(C)cc6)cc5C4)c2)C3)cc1. The van der Waals surface area contributed by atoms with Gasteiger partial charge in [-0.3, -0.25) is 28.8 Å². The Hall–Kier alpha value is -8.78. The van der Waals surface area contributed by atoms with Gasteiger partial charge < -0.3 is 31.1 Å². The molecular weight excluding hydrogens is 939 g/mol. The minimum Gasteiger partial charge on any atom is -0.352 e. The van der Waals surface area contributed by atoms with E-state index in [4.69, 9.17) is 0 Å². The van der Waals surface area contributed by atoms with Crippen molar-refractivity contribution >= 4 is 35.4 Å². The summed E-state index contributed by atoms with van der Waals surface area (Å²) in [5.74, 6) is -3.26. The highest BCUT2D eigenvalue weighted by Crippen LogP contribution is 2.31. The second-order valence-corrected chi connectivity index (χ2v) is 18.8. The normalized spacial score (nSPS) is 12.4. The van der Waals surface area contributed by atoms with Gasteiger partial charge in [0, 0.05) is 63.5 Å². The Balaban J connectivity index is 0.896. The molecule has 0 aliphatic carbocycles. The van der Waals surface area contributed by atoms with E-state index in [1.165, 1.54) is 24.3 Å². The van der Waals surface area contributed by atoms with Gasteiger partial charge in [0.2, 0.25) is 0 Å². The molecule has 0 saturated heterocycles. The summed E-state index contributed by atoms with van der Waals surface area (Å²) in [6.07, 6.45) is 0.883. The molecule has 0 atom stereocenters. The first-order valence-corrected chi connectivity index (χ1v) is 24.5. The van der Waals surface area contributed by atoms with E-state index in [0.29, 0.717) is 35.1 Å². The van der Waals surface area contributed by atoms with Gasteiger partial charge in [-0.15, -0.1) is 0 Å². The van der Waals surface area contributed by atoms with E-state index in [0.717, 1.165) is 33.4 Å². The van der Waals surface area contributed by atoms with Crippen molar-refractivity contribution in [3.05, 3.63) is 246 Å². The summed E-state index contributed by atoms with van der Waals surface area (Å²) in [4.78, 5) is 87.0. The fourth-order valence-electron chi connectivity index (χ4n) is 9.19. The van der Waals surface area contributed by atoms with Gasteiger partial charge in [0.25, 0.3) is 35.4 Å². The molecule has 0 bridgehead atoms. The first-order chi connectivity index (χ1) is 35.7. The average Bonchev–Trinajstić information content (AvgIpc) is 4.04. The molecule has 9 rings (SSSR count). The maximum atomic E-state index is 14.3. The van der Waals surface area contributed by atoms with E-state index >= 15 is 0 Å². The smallest absolute Gasteiger partial charge is 0.254 e. The quantitative estimate of drug-likeness (QED) is 0.0759. The third kappa shape index (κ3) is 11.9. The highest BCUT2D eigenvalue weighted by Gasteiger charge is 2.32. The summed E-state index contributed by atoms with van der Waals surface area (Å²) in [5.41, 5.74) is 9.56. The average molecular weight is 993 g/mol. The zero-order valence-electron chi connectivity index (χ0n) is 41.0. The van der Waals surface area contributed by atoms with Crippen LogP contribution in [0.4, 0.5) is 8.78 Å². The number of aryl methyl sites for hydroxylation is 2. The molecular formula is C60H54F2N6O6. The highest BCUT2D eigenvalue weighted by atomic mass is 19.1. The molecule has 12 nitrogen and oxygen atoms in total. The molecule has 374 valence electrons. The van der Waals surface area contributed by atoms with E-state index in [-0.39, 0.29) is 109 Å². The Morgan fingerprint density at radius 1 is 0.405 bits per heavy atom. The maximum Gasteiger partial charge on any atom is 0.254 e.